The Morgan fingerprint density at radius 2 is 1.63 bits per heavy atom. The van der Waals surface area contributed by atoms with Gasteiger partial charge >= 0.3 is 0 Å². The van der Waals surface area contributed by atoms with Gasteiger partial charge in [-0.2, -0.15) is 0 Å². The van der Waals surface area contributed by atoms with E-state index in [1.165, 1.54) is 5.56 Å². The van der Waals surface area contributed by atoms with Gasteiger partial charge in [-0.15, -0.1) is 0 Å². The maximum atomic E-state index is 12.6. The van der Waals surface area contributed by atoms with Crippen LogP contribution in [0.3, 0.4) is 0 Å². The predicted octanol–water partition coefficient (Wildman–Crippen LogP) is 1.92. The molecule has 6 nitrogen and oxygen atoms in total. The van der Waals surface area contributed by atoms with Crippen molar-refractivity contribution in [2.45, 2.75) is 40.3 Å². The summed E-state index contributed by atoms with van der Waals surface area (Å²) in [6.07, 6.45) is 0. The zero-order valence-corrected chi connectivity index (χ0v) is 19.0. The van der Waals surface area contributed by atoms with Crippen LogP contribution in [0.1, 0.15) is 30.5 Å². The van der Waals surface area contributed by atoms with Gasteiger partial charge in [-0.25, -0.2) is 0 Å². The van der Waals surface area contributed by atoms with Gasteiger partial charge in [0.2, 0.25) is 5.91 Å². The number of benzene rings is 2. The first-order chi connectivity index (χ1) is 14.2. The van der Waals surface area contributed by atoms with Crippen LogP contribution in [0, 0.1) is 13.8 Å². The molecule has 30 heavy (non-hydrogen) atoms. The van der Waals surface area contributed by atoms with Gasteiger partial charge in [-0.1, -0.05) is 30.3 Å². The normalized spacial score (nSPS) is 12.7. The maximum absolute atomic E-state index is 12.6. The Labute approximate surface area is 180 Å². The lowest BCUT2D eigenvalue weighted by Crippen LogP contribution is -3.15. The van der Waals surface area contributed by atoms with Crippen molar-refractivity contribution >= 4 is 23.2 Å². The number of hydrogen-bond donors (Lipinski definition) is 3. The fourth-order valence-electron chi connectivity index (χ4n) is 3.46. The van der Waals surface area contributed by atoms with Crippen LogP contribution in [-0.4, -0.2) is 45.0 Å². The van der Waals surface area contributed by atoms with E-state index in [4.69, 9.17) is 0 Å². The largest absolute Gasteiger partial charge is 0.378 e. The number of amides is 2. The minimum absolute atomic E-state index is 0.0362. The molecule has 0 bridgehead atoms. The molecular weight excluding hydrogens is 376 g/mol. The molecule has 0 aliphatic carbocycles. The molecule has 162 valence electrons. The van der Waals surface area contributed by atoms with E-state index in [1.54, 1.807) is 0 Å². The molecule has 2 aromatic carbocycles. The monoisotopic (exact) mass is 411 g/mol. The lowest BCUT2D eigenvalue weighted by atomic mass is 10.1. The number of rotatable bonds is 9. The van der Waals surface area contributed by atoms with Gasteiger partial charge in [-0.3, -0.25) is 9.59 Å². The lowest BCUT2D eigenvalue weighted by Gasteiger charge is -2.24. The van der Waals surface area contributed by atoms with Crippen molar-refractivity contribution < 1.29 is 14.5 Å². The van der Waals surface area contributed by atoms with Crippen molar-refractivity contribution in [1.82, 2.24) is 5.32 Å². The second-order valence-corrected chi connectivity index (χ2v) is 8.00. The van der Waals surface area contributed by atoms with Gasteiger partial charge < -0.3 is 20.4 Å². The summed E-state index contributed by atoms with van der Waals surface area (Å²) in [7, 11) is 4.03. The van der Waals surface area contributed by atoms with Crippen molar-refractivity contribution in [2.24, 2.45) is 0 Å². The summed E-state index contributed by atoms with van der Waals surface area (Å²) in [6, 6.07) is 14.0. The van der Waals surface area contributed by atoms with E-state index >= 15 is 0 Å². The summed E-state index contributed by atoms with van der Waals surface area (Å²) in [5.41, 5.74) is 5.16. The second kappa shape index (κ2) is 10.8. The van der Waals surface area contributed by atoms with Crippen LogP contribution < -0.4 is 20.4 Å². The topological polar surface area (TPSA) is 65.9 Å². The molecule has 2 amide bonds. The smallest absolute Gasteiger partial charge is 0.278 e. The Balaban J connectivity index is 1.90. The molecule has 1 unspecified atom stereocenters. The van der Waals surface area contributed by atoms with Crippen molar-refractivity contribution in [3.8, 4) is 0 Å². The molecule has 0 aliphatic heterocycles. The molecule has 0 spiro atoms. The zero-order valence-electron chi connectivity index (χ0n) is 19.0. The number of anilines is 2. The Hall–Kier alpha value is -2.86. The fraction of sp³-hybridized carbons (Fsp3) is 0.417. The van der Waals surface area contributed by atoms with E-state index in [0.717, 1.165) is 40.5 Å². The molecule has 0 aliphatic rings. The first kappa shape index (κ1) is 23.4. The number of carbonyl (C=O) groups is 2. The van der Waals surface area contributed by atoms with Gasteiger partial charge in [0.05, 0.1) is 13.1 Å². The SMILES string of the molecule is CC[NH+](Cc1ccc(N(C)C)cc1)[C@@H](C)C(=O)NCC(=O)Nc1c(C)cccc1C. The number of nitrogens with zero attached hydrogens (tertiary/aromatic N) is 1. The number of carbonyl (C=O) groups excluding carboxylic acids is 2. The third-order valence-electron chi connectivity index (χ3n) is 5.51. The molecule has 3 N–H and O–H groups in total. The van der Waals surface area contributed by atoms with E-state index in [9.17, 15) is 9.59 Å². The quantitative estimate of drug-likeness (QED) is 0.591. The summed E-state index contributed by atoms with van der Waals surface area (Å²) < 4.78 is 0. The first-order valence-electron chi connectivity index (χ1n) is 10.5. The molecule has 0 heterocycles. The number of nitrogens with one attached hydrogen (secondary N) is 3. The Bertz CT molecular complexity index is 842. The highest BCUT2D eigenvalue weighted by Gasteiger charge is 2.24. The Morgan fingerprint density at radius 3 is 2.17 bits per heavy atom. The molecule has 0 aromatic heterocycles. The van der Waals surface area contributed by atoms with Crippen molar-refractivity contribution in [2.75, 3.05) is 37.4 Å². The van der Waals surface area contributed by atoms with Crippen LogP contribution in [0.5, 0.6) is 0 Å². The highest BCUT2D eigenvalue weighted by molar-refractivity contribution is 5.96. The van der Waals surface area contributed by atoms with Crippen molar-refractivity contribution in [3.05, 3.63) is 59.2 Å². The van der Waals surface area contributed by atoms with Crippen LogP contribution in [-0.2, 0) is 16.1 Å². The number of aryl methyl sites for hydroxylation is 2. The molecule has 0 fully saturated rings. The molecule has 0 radical (unpaired) electrons. The van der Waals surface area contributed by atoms with Crippen LogP contribution in [0.4, 0.5) is 11.4 Å². The first-order valence-corrected chi connectivity index (χ1v) is 10.5. The molecule has 0 saturated heterocycles. The summed E-state index contributed by atoms with van der Waals surface area (Å²) in [5, 5.41) is 5.69. The van der Waals surface area contributed by atoms with Crippen LogP contribution in [0.25, 0.3) is 0 Å². The molecule has 2 aromatic rings. The van der Waals surface area contributed by atoms with E-state index < -0.39 is 0 Å². The van der Waals surface area contributed by atoms with Crippen LogP contribution in [0.2, 0.25) is 0 Å². The van der Waals surface area contributed by atoms with Gasteiger partial charge in [-0.05, 0) is 51.0 Å². The lowest BCUT2D eigenvalue weighted by molar-refractivity contribution is -0.926. The van der Waals surface area contributed by atoms with Crippen LogP contribution >= 0.6 is 0 Å². The molecule has 0 saturated carbocycles. The highest BCUT2D eigenvalue weighted by Crippen LogP contribution is 2.19. The van der Waals surface area contributed by atoms with Crippen molar-refractivity contribution in [1.29, 1.82) is 0 Å². The third kappa shape index (κ3) is 6.32. The maximum Gasteiger partial charge on any atom is 0.278 e. The van der Waals surface area contributed by atoms with E-state index in [1.807, 2.05) is 53.1 Å². The van der Waals surface area contributed by atoms with Gasteiger partial charge in [0.25, 0.3) is 5.91 Å². The predicted molar refractivity (Wildman–Crippen MR) is 123 cm³/mol. The van der Waals surface area contributed by atoms with E-state index in [2.05, 4.69) is 46.7 Å². The number of quaternary nitrogens is 1. The van der Waals surface area contributed by atoms with Gasteiger partial charge in [0, 0.05) is 31.0 Å². The fourth-order valence-corrected chi connectivity index (χ4v) is 3.46. The van der Waals surface area contributed by atoms with Crippen molar-refractivity contribution in [3.63, 3.8) is 0 Å². The Morgan fingerprint density at radius 1 is 1.03 bits per heavy atom. The third-order valence-corrected chi connectivity index (χ3v) is 5.51. The van der Waals surface area contributed by atoms with E-state index in [0.29, 0.717) is 0 Å². The molecule has 6 heteroatoms. The highest BCUT2D eigenvalue weighted by atomic mass is 16.2. The molecular formula is C24H35N4O2+. The molecule has 2 atom stereocenters. The summed E-state index contributed by atoms with van der Waals surface area (Å²) in [5.74, 6) is -0.335. The summed E-state index contributed by atoms with van der Waals surface area (Å²) >= 11 is 0. The average molecular weight is 412 g/mol. The zero-order chi connectivity index (χ0) is 22.3. The number of hydrogen-bond acceptors (Lipinski definition) is 3. The summed E-state index contributed by atoms with van der Waals surface area (Å²) in [4.78, 5) is 28.2. The molecule has 2 rings (SSSR count). The standard InChI is InChI=1S/C24H34N4O2/c1-7-28(16-20-11-13-21(14-12-20)27(5)6)19(4)24(30)25-15-22(29)26-23-17(2)9-8-10-18(23)3/h8-14,19H,7,15-16H2,1-6H3,(H,25,30)(H,26,29)/p+1/t19-/m0/s1. The van der Waals surface area contributed by atoms with E-state index in [-0.39, 0.29) is 24.4 Å². The number of para-hydroxylation sites is 1. The van der Waals surface area contributed by atoms with Gasteiger partial charge in [0.15, 0.2) is 6.04 Å². The second-order valence-electron chi connectivity index (χ2n) is 8.00. The van der Waals surface area contributed by atoms with Gasteiger partial charge in [0.1, 0.15) is 6.54 Å². The minimum atomic E-state index is -0.253. The minimum Gasteiger partial charge on any atom is -0.378 e. The average Bonchev–Trinajstić information content (AvgIpc) is 2.72. The number of likely N-dealkylation sites (N-methyl/N-ethyl adjacent to an activating group) is 1. The Kier molecular flexibility index (Phi) is 8.42. The summed E-state index contributed by atoms with van der Waals surface area (Å²) in [6.45, 7) is 9.43. The van der Waals surface area contributed by atoms with Crippen LogP contribution in [0.15, 0.2) is 42.5 Å².